The molecule has 2 rings (SSSR count). The summed E-state index contributed by atoms with van der Waals surface area (Å²) >= 11 is 3.49. The molecular formula is C16H16O2S2. The minimum absolute atomic E-state index is 0.913. The lowest BCUT2D eigenvalue weighted by molar-refractivity contribution is -0.131. The van der Waals surface area contributed by atoms with Crippen LogP contribution in [0.15, 0.2) is 40.6 Å². The molecule has 2 aromatic rings. The number of carboxylic acid groups (broad SMARTS) is 1. The number of aliphatic carboxylic acids is 1. The first kappa shape index (κ1) is 14.9. The Balaban J connectivity index is 2.01. The second kappa shape index (κ2) is 6.77. The molecule has 0 spiro atoms. The van der Waals surface area contributed by atoms with Crippen LogP contribution < -0.4 is 0 Å². The lowest BCUT2D eigenvalue weighted by atomic mass is 10.2. The van der Waals surface area contributed by atoms with E-state index in [1.807, 2.05) is 23.2 Å². The van der Waals surface area contributed by atoms with Crippen LogP contribution in [0.4, 0.5) is 0 Å². The maximum atomic E-state index is 10.5. The second-order valence-electron chi connectivity index (χ2n) is 4.58. The Morgan fingerprint density at radius 3 is 2.90 bits per heavy atom. The zero-order valence-corrected chi connectivity index (χ0v) is 13.1. The Bertz CT molecular complexity index is 642. The van der Waals surface area contributed by atoms with Crippen molar-refractivity contribution in [1.82, 2.24) is 0 Å². The number of carboxylic acids is 1. The van der Waals surface area contributed by atoms with E-state index in [9.17, 15) is 4.79 Å². The molecule has 1 aromatic heterocycles. The van der Waals surface area contributed by atoms with Crippen molar-refractivity contribution in [1.29, 1.82) is 0 Å². The molecule has 0 bridgehead atoms. The molecule has 1 aromatic carbocycles. The lowest BCUT2D eigenvalue weighted by Crippen LogP contribution is -1.84. The molecule has 0 aliphatic carbocycles. The van der Waals surface area contributed by atoms with Gasteiger partial charge in [0.05, 0.1) is 0 Å². The van der Waals surface area contributed by atoms with Gasteiger partial charge < -0.3 is 5.11 Å². The Morgan fingerprint density at radius 2 is 2.15 bits per heavy atom. The van der Waals surface area contributed by atoms with Gasteiger partial charge in [-0.2, -0.15) is 0 Å². The molecule has 0 saturated carbocycles. The van der Waals surface area contributed by atoms with Crippen molar-refractivity contribution in [3.05, 3.63) is 57.3 Å². The predicted octanol–water partition coefficient (Wildman–Crippen LogP) is 4.76. The van der Waals surface area contributed by atoms with E-state index < -0.39 is 5.97 Å². The molecule has 0 radical (unpaired) electrons. The minimum Gasteiger partial charge on any atom is -0.478 e. The van der Waals surface area contributed by atoms with Crippen molar-refractivity contribution in [2.75, 3.05) is 0 Å². The number of rotatable bonds is 5. The molecule has 1 heterocycles. The van der Waals surface area contributed by atoms with E-state index in [4.69, 9.17) is 5.11 Å². The van der Waals surface area contributed by atoms with Crippen LogP contribution in [0.3, 0.4) is 0 Å². The summed E-state index contributed by atoms with van der Waals surface area (Å²) in [4.78, 5) is 13.0. The SMILES string of the molecule is Cc1ccc(C)c(SCc2cc(C=CC(=O)O)cs2)c1. The monoisotopic (exact) mass is 304 g/mol. The zero-order chi connectivity index (χ0) is 14.5. The van der Waals surface area contributed by atoms with Crippen molar-refractivity contribution in [2.24, 2.45) is 0 Å². The molecule has 4 heteroatoms. The zero-order valence-electron chi connectivity index (χ0n) is 11.4. The number of aryl methyl sites for hydroxylation is 2. The Kier molecular flexibility index (Phi) is 5.04. The highest BCUT2D eigenvalue weighted by atomic mass is 32.2. The lowest BCUT2D eigenvalue weighted by Gasteiger charge is -2.05. The Labute approximate surface area is 127 Å². The van der Waals surface area contributed by atoms with Gasteiger partial charge in [0, 0.05) is 21.6 Å². The first-order chi connectivity index (χ1) is 9.54. The second-order valence-corrected chi connectivity index (χ2v) is 6.59. The third kappa shape index (κ3) is 4.25. The maximum absolute atomic E-state index is 10.5. The van der Waals surface area contributed by atoms with Gasteiger partial charge in [0.2, 0.25) is 0 Å². The average molecular weight is 304 g/mol. The summed E-state index contributed by atoms with van der Waals surface area (Å²) < 4.78 is 0. The van der Waals surface area contributed by atoms with E-state index in [0.717, 1.165) is 11.3 Å². The molecular weight excluding hydrogens is 288 g/mol. The molecule has 0 atom stereocenters. The van der Waals surface area contributed by atoms with Crippen molar-refractivity contribution in [3.63, 3.8) is 0 Å². The van der Waals surface area contributed by atoms with Crippen molar-refractivity contribution in [2.45, 2.75) is 24.5 Å². The van der Waals surface area contributed by atoms with Crippen LogP contribution in [0, 0.1) is 13.8 Å². The van der Waals surface area contributed by atoms with Gasteiger partial charge in [-0.05, 0) is 48.6 Å². The molecule has 0 fully saturated rings. The summed E-state index contributed by atoms with van der Waals surface area (Å²) in [6.45, 7) is 4.22. The fourth-order valence-corrected chi connectivity index (χ4v) is 3.77. The highest BCUT2D eigenvalue weighted by molar-refractivity contribution is 7.98. The van der Waals surface area contributed by atoms with E-state index in [0.29, 0.717) is 0 Å². The molecule has 20 heavy (non-hydrogen) atoms. The van der Waals surface area contributed by atoms with E-state index in [-0.39, 0.29) is 0 Å². The third-order valence-electron chi connectivity index (χ3n) is 2.81. The van der Waals surface area contributed by atoms with Crippen molar-refractivity contribution in [3.8, 4) is 0 Å². The van der Waals surface area contributed by atoms with E-state index in [1.54, 1.807) is 17.4 Å². The number of hydrogen-bond acceptors (Lipinski definition) is 3. The van der Waals surface area contributed by atoms with Crippen LogP contribution >= 0.6 is 23.1 Å². The Morgan fingerprint density at radius 1 is 1.35 bits per heavy atom. The third-order valence-corrected chi connectivity index (χ3v) is 5.15. The van der Waals surface area contributed by atoms with Crippen LogP contribution in [0.1, 0.15) is 21.6 Å². The molecule has 0 unspecified atom stereocenters. The summed E-state index contributed by atoms with van der Waals surface area (Å²) in [5.74, 6) is -0.00177. The highest BCUT2D eigenvalue weighted by Crippen LogP contribution is 2.29. The summed E-state index contributed by atoms with van der Waals surface area (Å²) in [6, 6.07) is 8.52. The van der Waals surface area contributed by atoms with Gasteiger partial charge >= 0.3 is 5.97 Å². The van der Waals surface area contributed by atoms with Crippen LogP contribution in [-0.4, -0.2) is 11.1 Å². The maximum Gasteiger partial charge on any atom is 0.328 e. The van der Waals surface area contributed by atoms with Gasteiger partial charge in [-0.15, -0.1) is 23.1 Å². The fraction of sp³-hybridized carbons (Fsp3) is 0.188. The number of benzene rings is 1. The summed E-state index contributed by atoms with van der Waals surface area (Å²) in [5, 5.41) is 10.6. The molecule has 0 aliphatic rings. The summed E-state index contributed by atoms with van der Waals surface area (Å²) in [7, 11) is 0. The fourth-order valence-electron chi connectivity index (χ4n) is 1.74. The van der Waals surface area contributed by atoms with Gasteiger partial charge in [0.1, 0.15) is 0 Å². The largest absolute Gasteiger partial charge is 0.478 e. The number of hydrogen-bond donors (Lipinski definition) is 1. The molecule has 0 aliphatic heterocycles. The van der Waals surface area contributed by atoms with Crippen LogP contribution in [0.2, 0.25) is 0 Å². The molecule has 2 nitrogen and oxygen atoms in total. The molecule has 0 amide bonds. The van der Waals surface area contributed by atoms with Gasteiger partial charge in [-0.25, -0.2) is 4.79 Å². The predicted molar refractivity (Wildman–Crippen MR) is 86.5 cm³/mol. The van der Waals surface area contributed by atoms with E-state index >= 15 is 0 Å². The minimum atomic E-state index is -0.914. The molecule has 104 valence electrons. The topological polar surface area (TPSA) is 37.3 Å². The molecule has 1 N–H and O–H groups in total. The van der Waals surface area contributed by atoms with E-state index in [2.05, 4.69) is 32.0 Å². The highest BCUT2D eigenvalue weighted by Gasteiger charge is 2.03. The standard InChI is InChI=1S/C16H16O2S2/c1-11-3-4-12(2)15(7-11)20-10-14-8-13(9-19-14)5-6-16(17)18/h3-9H,10H2,1-2H3,(H,17,18). The van der Waals surface area contributed by atoms with Crippen LogP contribution in [0.25, 0.3) is 6.08 Å². The smallest absolute Gasteiger partial charge is 0.328 e. The van der Waals surface area contributed by atoms with Gasteiger partial charge in [0.15, 0.2) is 0 Å². The van der Waals surface area contributed by atoms with Gasteiger partial charge in [-0.1, -0.05) is 17.7 Å². The van der Waals surface area contributed by atoms with E-state index in [1.165, 1.54) is 27.0 Å². The first-order valence-corrected chi connectivity index (χ1v) is 8.09. The number of thiophene rings is 1. The number of carbonyl (C=O) groups is 1. The Hall–Kier alpha value is -1.52. The van der Waals surface area contributed by atoms with Crippen LogP contribution in [-0.2, 0) is 10.5 Å². The first-order valence-electron chi connectivity index (χ1n) is 6.23. The average Bonchev–Trinajstić information content (AvgIpc) is 2.85. The quantitative estimate of drug-likeness (QED) is 0.639. The van der Waals surface area contributed by atoms with Crippen LogP contribution in [0.5, 0.6) is 0 Å². The number of thioether (sulfide) groups is 1. The van der Waals surface area contributed by atoms with Crippen molar-refractivity contribution < 1.29 is 9.90 Å². The summed E-state index contributed by atoms with van der Waals surface area (Å²) in [6.07, 6.45) is 2.80. The van der Waals surface area contributed by atoms with Gasteiger partial charge in [-0.3, -0.25) is 0 Å². The molecule has 0 saturated heterocycles. The normalized spacial score (nSPS) is 11.1. The van der Waals surface area contributed by atoms with Gasteiger partial charge in [0.25, 0.3) is 0 Å². The summed E-state index contributed by atoms with van der Waals surface area (Å²) in [5.41, 5.74) is 3.52. The van der Waals surface area contributed by atoms with Crippen molar-refractivity contribution >= 4 is 35.1 Å².